The number of nitrogen functional groups attached to an aromatic ring is 1. The first-order valence-electron chi connectivity index (χ1n) is 6.47. The second-order valence-corrected chi connectivity index (χ2v) is 5.39. The van der Waals surface area contributed by atoms with Crippen molar-refractivity contribution in [1.29, 1.82) is 0 Å². The Kier molecular flexibility index (Phi) is 3.80. The first-order chi connectivity index (χ1) is 10.7. The van der Waals surface area contributed by atoms with Crippen LogP contribution in [-0.2, 0) is 0 Å². The lowest BCUT2D eigenvalue weighted by molar-refractivity contribution is 0.415. The number of thiazole rings is 1. The number of hydrogen-bond acceptors (Lipinski definition) is 7. The van der Waals surface area contributed by atoms with Gasteiger partial charge in [-0.3, -0.25) is 5.43 Å². The van der Waals surface area contributed by atoms with Crippen molar-refractivity contribution < 1.29 is 9.84 Å². The lowest BCUT2D eigenvalue weighted by Gasteiger charge is -2.07. The zero-order valence-electron chi connectivity index (χ0n) is 11.8. The number of nitrogens with zero attached hydrogens (tertiary/aromatic N) is 2. The molecule has 0 aliphatic carbocycles. The molecule has 0 aliphatic heterocycles. The number of fused-ring (bicyclic) bond motifs is 1. The average Bonchev–Trinajstić information content (AvgIpc) is 2.94. The van der Waals surface area contributed by atoms with Crippen LogP contribution >= 0.6 is 11.3 Å². The second-order valence-electron chi connectivity index (χ2n) is 4.53. The molecule has 3 rings (SSSR count). The standard InChI is InChI=1S/C15H14N4O2S/c1-21-10-4-2-9-3-5-13(20)12(11(9)6-10)7-17-19-15-18-14(16)8-22-15/h2-8,20H,16H2,1H3,(H,18,19). The van der Waals surface area contributed by atoms with Crippen LogP contribution in [0.4, 0.5) is 10.9 Å². The number of nitrogens with two attached hydrogens (primary N) is 1. The number of benzene rings is 2. The van der Waals surface area contributed by atoms with Gasteiger partial charge in [0.2, 0.25) is 5.13 Å². The van der Waals surface area contributed by atoms with Crippen LogP contribution in [0.15, 0.2) is 40.8 Å². The number of aromatic nitrogens is 1. The van der Waals surface area contributed by atoms with Gasteiger partial charge in [-0.15, -0.1) is 11.3 Å². The molecular weight excluding hydrogens is 300 g/mol. The van der Waals surface area contributed by atoms with Crippen molar-refractivity contribution in [3.05, 3.63) is 41.3 Å². The number of nitrogens with one attached hydrogen (secondary N) is 1. The fourth-order valence-corrected chi connectivity index (χ4v) is 2.61. The summed E-state index contributed by atoms with van der Waals surface area (Å²) in [5.74, 6) is 1.30. The van der Waals surface area contributed by atoms with Crippen LogP contribution in [0.25, 0.3) is 10.8 Å². The summed E-state index contributed by atoms with van der Waals surface area (Å²) in [5.41, 5.74) is 8.94. The molecule has 0 amide bonds. The molecule has 3 aromatic rings. The SMILES string of the molecule is COc1ccc2ccc(O)c(C=NNc3nc(N)cs3)c2c1. The highest BCUT2D eigenvalue weighted by atomic mass is 32.1. The van der Waals surface area contributed by atoms with Crippen molar-refractivity contribution in [2.45, 2.75) is 0 Å². The van der Waals surface area contributed by atoms with Gasteiger partial charge < -0.3 is 15.6 Å². The Morgan fingerprint density at radius 2 is 2.18 bits per heavy atom. The number of phenolic OH excluding ortho intramolecular Hbond substituents is 1. The largest absolute Gasteiger partial charge is 0.507 e. The third-order valence-corrected chi connectivity index (χ3v) is 3.89. The highest BCUT2D eigenvalue weighted by Crippen LogP contribution is 2.29. The summed E-state index contributed by atoms with van der Waals surface area (Å²) in [5, 5.41) is 18.3. The number of aromatic hydroxyl groups is 1. The maximum absolute atomic E-state index is 10.1. The summed E-state index contributed by atoms with van der Waals surface area (Å²) in [6, 6.07) is 9.14. The van der Waals surface area contributed by atoms with Crippen LogP contribution in [0.3, 0.4) is 0 Å². The van der Waals surface area contributed by atoms with Gasteiger partial charge in [-0.25, -0.2) is 4.98 Å². The molecule has 0 atom stereocenters. The molecule has 0 saturated heterocycles. The van der Waals surface area contributed by atoms with E-state index in [4.69, 9.17) is 10.5 Å². The molecule has 6 nitrogen and oxygen atoms in total. The highest BCUT2D eigenvalue weighted by Gasteiger charge is 2.06. The van der Waals surface area contributed by atoms with Crippen molar-refractivity contribution >= 4 is 39.3 Å². The van der Waals surface area contributed by atoms with E-state index >= 15 is 0 Å². The fourth-order valence-electron chi connectivity index (χ4n) is 2.06. The molecule has 0 unspecified atom stereocenters. The quantitative estimate of drug-likeness (QED) is 0.508. The van der Waals surface area contributed by atoms with Crippen molar-refractivity contribution in [1.82, 2.24) is 4.98 Å². The smallest absolute Gasteiger partial charge is 0.205 e. The number of methoxy groups -OCH3 is 1. The lowest BCUT2D eigenvalue weighted by Crippen LogP contribution is -1.93. The number of hydrazone groups is 1. The fraction of sp³-hybridized carbons (Fsp3) is 0.0667. The Morgan fingerprint density at radius 3 is 2.91 bits per heavy atom. The van der Waals surface area contributed by atoms with E-state index in [-0.39, 0.29) is 5.75 Å². The minimum absolute atomic E-state index is 0.143. The van der Waals surface area contributed by atoms with E-state index < -0.39 is 0 Å². The van der Waals surface area contributed by atoms with E-state index in [0.29, 0.717) is 22.3 Å². The summed E-state index contributed by atoms with van der Waals surface area (Å²) in [7, 11) is 1.60. The van der Waals surface area contributed by atoms with Gasteiger partial charge in [0, 0.05) is 10.9 Å². The van der Waals surface area contributed by atoms with Gasteiger partial charge in [0.05, 0.1) is 13.3 Å². The van der Waals surface area contributed by atoms with E-state index in [1.807, 2.05) is 24.3 Å². The minimum Gasteiger partial charge on any atom is -0.507 e. The van der Waals surface area contributed by atoms with Crippen LogP contribution in [0, 0.1) is 0 Å². The van der Waals surface area contributed by atoms with Gasteiger partial charge in [-0.05, 0) is 29.0 Å². The van der Waals surface area contributed by atoms with E-state index in [1.54, 1.807) is 24.8 Å². The molecule has 0 saturated carbocycles. The summed E-state index contributed by atoms with van der Waals surface area (Å²) in [6.07, 6.45) is 1.55. The van der Waals surface area contributed by atoms with E-state index in [2.05, 4.69) is 15.5 Å². The second kappa shape index (κ2) is 5.90. The van der Waals surface area contributed by atoms with Crippen LogP contribution in [0.1, 0.15) is 5.56 Å². The Labute approximate surface area is 130 Å². The monoisotopic (exact) mass is 314 g/mol. The number of phenols is 1. The van der Waals surface area contributed by atoms with Gasteiger partial charge in [-0.2, -0.15) is 5.10 Å². The molecule has 2 aromatic carbocycles. The van der Waals surface area contributed by atoms with Gasteiger partial charge in [0.1, 0.15) is 17.3 Å². The first kappa shape index (κ1) is 14.2. The summed E-state index contributed by atoms with van der Waals surface area (Å²) >= 11 is 1.36. The van der Waals surface area contributed by atoms with E-state index in [1.165, 1.54) is 11.3 Å². The predicted octanol–water partition coefficient (Wildman–Crippen LogP) is 3.04. The zero-order chi connectivity index (χ0) is 15.5. The van der Waals surface area contributed by atoms with Crippen molar-refractivity contribution in [3.63, 3.8) is 0 Å². The third-order valence-electron chi connectivity index (χ3n) is 3.12. The van der Waals surface area contributed by atoms with Gasteiger partial charge in [0.25, 0.3) is 0 Å². The van der Waals surface area contributed by atoms with Crippen LogP contribution < -0.4 is 15.9 Å². The van der Waals surface area contributed by atoms with Gasteiger partial charge in [0.15, 0.2) is 0 Å². The lowest BCUT2D eigenvalue weighted by atomic mass is 10.0. The first-order valence-corrected chi connectivity index (χ1v) is 7.35. The number of rotatable bonds is 4. The molecule has 0 spiro atoms. The Bertz CT molecular complexity index is 845. The molecule has 0 radical (unpaired) electrons. The topological polar surface area (TPSA) is 92.8 Å². The van der Waals surface area contributed by atoms with Crippen molar-refractivity contribution in [2.75, 3.05) is 18.3 Å². The normalized spacial score (nSPS) is 11.1. The number of ether oxygens (including phenoxy) is 1. The molecule has 0 fully saturated rings. The van der Waals surface area contributed by atoms with Crippen LogP contribution in [0.5, 0.6) is 11.5 Å². The summed E-state index contributed by atoms with van der Waals surface area (Å²) in [6.45, 7) is 0. The zero-order valence-corrected chi connectivity index (χ0v) is 12.6. The molecule has 22 heavy (non-hydrogen) atoms. The number of anilines is 2. The summed E-state index contributed by atoms with van der Waals surface area (Å²) in [4.78, 5) is 4.04. The maximum atomic E-state index is 10.1. The molecule has 1 heterocycles. The molecule has 7 heteroatoms. The average molecular weight is 314 g/mol. The third kappa shape index (κ3) is 2.79. The van der Waals surface area contributed by atoms with E-state index in [0.717, 1.165) is 10.8 Å². The van der Waals surface area contributed by atoms with Crippen LogP contribution in [0.2, 0.25) is 0 Å². The molecular formula is C15H14N4O2S. The predicted molar refractivity (Wildman–Crippen MR) is 89.9 cm³/mol. The van der Waals surface area contributed by atoms with E-state index in [9.17, 15) is 5.11 Å². The Hall–Kier alpha value is -2.80. The Balaban J connectivity index is 1.96. The number of hydrogen-bond donors (Lipinski definition) is 3. The molecule has 0 aliphatic rings. The van der Waals surface area contributed by atoms with Gasteiger partial charge >= 0.3 is 0 Å². The maximum Gasteiger partial charge on any atom is 0.205 e. The highest BCUT2D eigenvalue weighted by molar-refractivity contribution is 7.14. The minimum atomic E-state index is 0.143. The van der Waals surface area contributed by atoms with Gasteiger partial charge in [-0.1, -0.05) is 12.1 Å². The van der Waals surface area contributed by atoms with Crippen molar-refractivity contribution in [3.8, 4) is 11.5 Å². The molecule has 1 aromatic heterocycles. The van der Waals surface area contributed by atoms with Crippen LogP contribution in [-0.4, -0.2) is 23.4 Å². The molecule has 0 bridgehead atoms. The Morgan fingerprint density at radius 1 is 1.36 bits per heavy atom. The summed E-state index contributed by atoms with van der Waals surface area (Å²) < 4.78 is 5.23. The molecule has 112 valence electrons. The van der Waals surface area contributed by atoms with Crippen molar-refractivity contribution in [2.24, 2.45) is 5.10 Å². The molecule has 4 N–H and O–H groups in total.